The van der Waals surface area contributed by atoms with E-state index in [2.05, 4.69) is 45.1 Å². The first-order chi connectivity index (χ1) is 17.6. The summed E-state index contributed by atoms with van der Waals surface area (Å²) in [7, 11) is 0. The van der Waals surface area contributed by atoms with Crippen LogP contribution in [0.5, 0.6) is 5.88 Å². The van der Waals surface area contributed by atoms with Gasteiger partial charge in [-0.15, -0.1) is 0 Å². The average molecular weight is 487 g/mol. The van der Waals surface area contributed by atoms with E-state index >= 15 is 0 Å². The van der Waals surface area contributed by atoms with Crippen LogP contribution in [0.4, 0.5) is 4.79 Å². The minimum Gasteiger partial charge on any atom is -0.434 e. The Morgan fingerprint density at radius 1 is 1.11 bits per heavy atom. The minimum absolute atomic E-state index is 0.228. The van der Waals surface area contributed by atoms with Crippen molar-refractivity contribution in [1.29, 1.82) is 0 Å². The molecule has 2 aliphatic rings. The molecule has 4 rings (SSSR count). The molecule has 0 radical (unpaired) electrons. The number of unbranched alkanes of at least 4 members (excludes halogenated alkanes) is 5. The summed E-state index contributed by atoms with van der Waals surface area (Å²) in [5.41, 5.74) is 5.23. The predicted octanol–water partition coefficient (Wildman–Crippen LogP) is 7.74. The molecule has 0 spiro atoms. The largest absolute Gasteiger partial charge is 0.515 e. The summed E-state index contributed by atoms with van der Waals surface area (Å²) in [4.78, 5) is 22.2. The highest BCUT2D eigenvalue weighted by molar-refractivity contribution is 5.80. The maximum atomic E-state index is 12.2. The van der Waals surface area contributed by atoms with Gasteiger partial charge in [0.05, 0.1) is 12.3 Å². The first kappa shape index (κ1) is 25.9. The molecule has 0 N–H and O–H groups in total. The Hall–Kier alpha value is -3.21. The predicted molar refractivity (Wildman–Crippen MR) is 145 cm³/mol. The van der Waals surface area contributed by atoms with E-state index in [-0.39, 0.29) is 11.8 Å². The van der Waals surface area contributed by atoms with Crippen LogP contribution in [-0.4, -0.2) is 24.0 Å². The van der Waals surface area contributed by atoms with Gasteiger partial charge in [-0.3, -0.25) is 4.99 Å². The van der Waals surface area contributed by atoms with Gasteiger partial charge in [0.25, 0.3) is 0 Å². The van der Waals surface area contributed by atoms with Crippen LogP contribution in [0.3, 0.4) is 0 Å². The molecule has 2 bridgehead atoms. The molecule has 2 atom stereocenters. The number of benzene rings is 1. The van der Waals surface area contributed by atoms with Gasteiger partial charge in [0, 0.05) is 36.6 Å². The Labute approximate surface area is 215 Å². The van der Waals surface area contributed by atoms with Gasteiger partial charge in [0.15, 0.2) is 0 Å². The number of allylic oxidation sites excluding steroid dienone is 2. The first-order valence-corrected chi connectivity index (χ1v) is 13.3. The van der Waals surface area contributed by atoms with Gasteiger partial charge in [0.2, 0.25) is 5.88 Å². The molecule has 190 valence electrons. The Morgan fingerprint density at radius 2 is 1.89 bits per heavy atom. The molecule has 1 aromatic heterocycles. The van der Waals surface area contributed by atoms with E-state index in [1.807, 2.05) is 30.5 Å². The van der Waals surface area contributed by atoms with E-state index in [1.165, 1.54) is 36.8 Å². The van der Waals surface area contributed by atoms with Crippen molar-refractivity contribution in [1.82, 2.24) is 4.98 Å². The first-order valence-electron chi connectivity index (χ1n) is 13.3. The summed E-state index contributed by atoms with van der Waals surface area (Å²) in [6.45, 7) is 6.86. The molecule has 0 saturated carbocycles. The molecule has 5 heteroatoms. The molecule has 1 heterocycles. The highest BCUT2D eigenvalue weighted by atomic mass is 16.7. The van der Waals surface area contributed by atoms with Crippen LogP contribution >= 0.6 is 0 Å². The summed E-state index contributed by atoms with van der Waals surface area (Å²) in [5.74, 6) is 0.512. The second-order valence-corrected chi connectivity index (χ2v) is 9.89. The van der Waals surface area contributed by atoms with Gasteiger partial charge in [-0.1, -0.05) is 87.1 Å². The van der Waals surface area contributed by atoms with Gasteiger partial charge in [-0.2, -0.15) is 0 Å². The topological polar surface area (TPSA) is 60.8 Å². The molecule has 0 fully saturated rings. The Bertz CT molecular complexity index is 1140. The Kier molecular flexibility index (Phi) is 8.74. The lowest BCUT2D eigenvalue weighted by Crippen LogP contribution is -2.40. The number of carbonyl (C=O) groups is 1. The van der Waals surface area contributed by atoms with Crippen molar-refractivity contribution in [3.8, 4) is 5.88 Å². The lowest BCUT2D eigenvalue weighted by molar-refractivity contribution is 0.0956. The fourth-order valence-electron chi connectivity index (χ4n) is 5.52. The van der Waals surface area contributed by atoms with E-state index in [0.29, 0.717) is 6.61 Å². The number of pyridine rings is 1. The number of hydrogen-bond acceptors (Lipinski definition) is 5. The second kappa shape index (κ2) is 12.2. The van der Waals surface area contributed by atoms with Crippen LogP contribution in [0.25, 0.3) is 0 Å². The van der Waals surface area contributed by atoms with Crippen LogP contribution in [0, 0.1) is 5.92 Å². The summed E-state index contributed by atoms with van der Waals surface area (Å²) < 4.78 is 10.7. The second-order valence-electron chi connectivity index (χ2n) is 9.89. The third kappa shape index (κ3) is 5.95. The number of aromatic nitrogens is 1. The lowest BCUT2D eigenvalue weighted by atomic mass is 9.63. The van der Waals surface area contributed by atoms with E-state index in [0.717, 1.165) is 42.5 Å². The molecular weight excluding hydrogens is 448 g/mol. The van der Waals surface area contributed by atoms with Gasteiger partial charge in [-0.25, -0.2) is 9.78 Å². The van der Waals surface area contributed by atoms with Gasteiger partial charge >= 0.3 is 6.16 Å². The van der Waals surface area contributed by atoms with Gasteiger partial charge in [0.1, 0.15) is 5.54 Å². The zero-order chi connectivity index (χ0) is 25.4. The summed E-state index contributed by atoms with van der Waals surface area (Å²) >= 11 is 0. The number of carbonyl (C=O) groups excluding carboxylic acids is 1. The van der Waals surface area contributed by atoms with Crippen molar-refractivity contribution < 1.29 is 14.3 Å². The van der Waals surface area contributed by atoms with E-state index in [4.69, 9.17) is 19.5 Å². The molecule has 2 aliphatic carbocycles. The van der Waals surface area contributed by atoms with E-state index < -0.39 is 11.7 Å². The van der Waals surface area contributed by atoms with Crippen molar-refractivity contribution in [2.45, 2.75) is 77.7 Å². The number of ether oxygens (including phenoxy) is 2. The van der Waals surface area contributed by atoms with Gasteiger partial charge in [-0.05, 0) is 37.5 Å². The van der Waals surface area contributed by atoms with Crippen LogP contribution in [0.15, 0.2) is 70.8 Å². The number of hydrogen-bond donors (Lipinski definition) is 0. The van der Waals surface area contributed by atoms with Crippen LogP contribution in [0.1, 0.15) is 82.5 Å². The van der Waals surface area contributed by atoms with Crippen molar-refractivity contribution >= 4 is 12.4 Å². The fourth-order valence-corrected chi connectivity index (χ4v) is 5.52. The molecule has 0 aliphatic heterocycles. The number of aliphatic imine (C=N–C) groups is 1. The van der Waals surface area contributed by atoms with Crippen molar-refractivity contribution in [3.63, 3.8) is 0 Å². The molecular formula is C31H38N2O3. The van der Waals surface area contributed by atoms with Crippen LogP contribution in [-0.2, 0) is 16.7 Å². The molecule has 0 saturated heterocycles. The summed E-state index contributed by atoms with van der Waals surface area (Å²) in [6, 6.07) is 14.0. The maximum absolute atomic E-state index is 12.2. The SMILES string of the molecule is C/C=C1/C2C=C(C)CC1(N=Cc1ccccc1)c1ccc(OC(=O)OCCCCCCCC)nc1C2. The zero-order valence-corrected chi connectivity index (χ0v) is 21.8. The quantitative estimate of drug-likeness (QED) is 0.149. The van der Waals surface area contributed by atoms with E-state index in [9.17, 15) is 4.79 Å². The number of fused-ring (bicyclic) bond motifs is 4. The number of rotatable bonds is 10. The third-order valence-corrected chi connectivity index (χ3v) is 7.16. The number of nitrogens with zero attached hydrogens (tertiary/aromatic N) is 2. The van der Waals surface area contributed by atoms with Crippen molar-refractivity contribution in [2.75, 3.05) is 6.61 Å². The van der Waals surface area contributed by atoms with E-state index in [1.54, 1.807) is 6.07 Å². The molecule has 2 aromatic rings. The molecule has 1 aromatic carbocycles. The highest BCUT2D eigenvalue weighted by Crippen LogP contribution is 2.52. The van der Waals surface area contributed by atoms with Crippen molar-refractivity contribution in [2.24, 2.45) is 10.9 Å². The normalized spacial score (nSPS) is 21.8. The maximum Gasteiger partial charge on any atom is 0.515 e. The molecule has 5 nitrogen and oxygen atoms in total. The smallest absolute Gasteiger partial charge is 0.434 e. The Morgan fingerprint density at radius 3 is 2.67 bits per heavy atom. The molecule has 0 amide bonds. The summed E-state index contributed by atoms with van der Waals surface area (Å²) in [5, 5.41) is 0. The van der Waals surface area contributed by atoms with Crippen LogP contribution in [0.2, 0.25) is 0 Å². The lowest BCUT2D eigenvalue weighted by Gasteiger charge is -2.45. The monoisotopic (exact) mass is 486 g/mol. The summed E-state index contributed by atoms with van der Waals surface area (Å²) in [6.07, 6.45) is 14.2. The average Bonchev–Trinajstić information content (AvgIpc) is 2.87. The molecule has 2 unspecified atom stereocenters. The van der Waals surface area contributed by atoms with Crippen molar-refractivity contribution in [3.05, 3.63) is 82.6 Å². The fraction of sp³-hybridized carbons (Fsp3) is 0.452. The van der Waals surface area contributed by atoms with Crippen LogP contribution < -0.4 is 4.74 Å². The van der Waals surface area contributed by atoms with Gasteiger partial charge < -0.3 is 9.47 Å². The molecule has 36 heavy (non-hydrogen) atoms. The third-order valence-electron chi connectivity index (χ3n) is 7.16. The Balaban J connectivity index is 1.50. The zero-order valence-electron chi connectivity index (χ0n) is 21.8. The highest BCUT2D eigenvalue weighted by Gasteiger charge is 2.46. The minimum atomic E-state index is -0.686. The standard InChI is InChI=1S/C31H38N2O3/c1-4-6-7-8-9-13-18-35-30(34)36-29-17-16-27-28(33-29)20-25-19-23(3)21-31(27,26(25)5-2)32-22-24-14-11-10-12-15-24/h5,10-12,14-17,19,22,25H,4,6-9,13,18,20-21H2,1-3H3/b26-5-,32-22?.